The number of alkyl halides is 2. The van der Waals surface area contributed by atoms with Gasteiger partial charge < -0.3 is 15.2 Å². The van der Waals surface area contributed by atoms with E-state index in [1.807, 2.05) is 0 Å². The molecule has 36 heavy (non-hydrogen) atoms. The summed E-state index contributed by atoms with van der Waals surface area (Å²) in [5, 5.41) is 25.4. The summed E-state index contributed by atoms with van der Waals surface area (Å²) >= 11 is 0. The Labute approximate surface area is 205 Å². The van der Waals surface area contributed by atoms with Crippen LogP contribution in [0.3, 0.4) is 0 Å². The summed E-state index contributed by atoms with van der Waals surface area (Å²) in [5.74, 6) is -4.04. The number of amides is 1. The van der Waals surface area contributed by atoms with E-state index < -0.39 is 41.5 Å². The van der Waals surface area contributed by atoms with Crippen molar-refractivity contribution in [3.05, 3.63) is 48.0 Å². The molecule has 0 bridgehead atoms. The quantitative estimate of drug-likeness (QED) is 0.502. The lowest BCUT2D eigenvalue weighted by Gasteiger charge is -2.16. The molecular formula is C25H24F3N5O3. The number of anilines is 1. The maximum atomic E-state index is 15.1. The minimum Gasteiger partial charge on any atom is -0.443 e. The fraction of sp³-hybridized carbons (Fsp3) is 0.480. The van der Waals surface area contributed by atoms with Crippen LogP contribution < -0.4 is 15.5 Å². The van der Waals surface area contributed by atoms with Crippen LogP contribution in [0.15, 0.2) is 36.5 Å². The topological polar surface area (TPSA) is 111 Å². The Kier molecular flexibility index (Phi) is 5.26. The van der Waals surface area contributed by atoms with Crippen LogP contribution in [0.25, 0.3) is 11.1 Å². The Hall–Kier alpha value is -3.20. The molecular weight excluding hydrogens is 475 g/mol. The summed E-state index contributed by atoms with van der Waals surface area (Å²) in [4.78, 5) is 18.1. The molecule has 2 saturated heterocycles. The van der Waals surface area contributed by atoms with Crippen LogP contribution in [0, 0.1) is 34.9 Å². The SMILES string of the molecule is N#CC1(c2ccc(-c3ccc(N4C[C@H](CNC(O)C5CC5(F)F)OC4=O)cc3F)cn2)[C@@H]2CNC[C@@H]21. The number of nitrogens with one attached hydrogen (secondary N) is 2. The number of aliphatic hydroxyl groups is 1. The highest BCUT2D eigenvalue weighted by molar-refractivity contribution is 5.90. The Morgan fingerprint density at radius 1 is 1.31 bits per heavy atom. The number of benzene rings is 1. The molecule has 2 aliphatic heterocycles. The monoisotopic (exact) mass is 499 g/mol. The number of aromatic nitrogens is 1. The van der Waals surface area contributed by atoms with Crippen molar-refractivity contribution in [1.29, 1.82) is 5.26 Å². The van der Waals surface area contributed by atoms with Gasteiger partial charge in [0, 0.05) is 55.2 Å². The zero-order chi connectivity index (χ0) is 25.2. The van der Waals surface area contributed by atoms with Crippen molar-refractivity contribution in [3.63, 3.8) is 0 Å². The van der Waals surface area contributed by atoms with Gasteiger partial charge in [-0.2, -0.15) is 5.26 Å². The minimum atomic E-state index is -2.87. The van der Waals surface area contributed by atoms with E-state index in [9.17, 15) is 23.9 Å². The zero-order valence-electron chi connectivity index (χ0n) is 19.1. The summed E-state index contributed by atoms with van der Waals surface area (Å²) in [6.45, 7) is 1.67. The smallest absolute Gasteiger partial charge is 0.414 e. The molecule has 0 radical (unpaired) electrons. The van der Waals surface area contributed by atoms with Gasteiger partial charge >= 0.3 is 6.09 Å². The van der Waals surface area contributed by atoms with E-state index >= 15 is 4.39 Å². The first-order valence-electron chi connectivity index (χ1n) is 11.9. The van der Waals surface area contributed by atoms with Crippen molar-refractivity contribution < 1.29 is 27.8 Å². The first-order chi connectivity index (χ1) is 17.2. The number of fused-ring (bicyclic) bond motifs is 1. The molecule has 2 saturated carbocycles. The fourth-order valence-electron chi connectivity index (χ4n) is 5.66. The molecule has 0 spiro atoms. The third kappa shape index (κ3) is 3.63. The molecule has 2 aliphatic carbocycles. The Balaban J connectivity index is 1.12. The van der Waals surface area contributed by atoms with E-state index in [0.717, 1.165) is 13.1 Å². The molecule has 8 nitrogen and oxygen atoms in total. The van der Waals surface area contributed by atoms with Gasteiger partial charge in [-0.25, -0.2) is 18.0 Å². The number of aliphatic hydroxyl groups excluding tert-OH is 1. The molecule has 4 fully saturated rings. The number of ether oxygens (including phenoxy) is 1. The number of carbonyl (C=O) groups excluding carboxylic acids is 1. The summed E-state index contributed by atoms with van der Waals surface area (Å²) in [7, 11) is 0. The largest absolute Gasteiger partial charge is 0.443 e. The van der Waals surface area contributed by atoms with Gasteiger partial charge in [0.15, 0.2) is 0 Å². The zero-order valence-corrected chi connectivity index (χ0v) is 19.1. The third-order valence-electron chi connectivity index (χ3n) is 7.91. The number of nitriles is 1. The number of hydrogen-bond acceptors (Lipinski definition) is 7. The summed E-state index contributed by atoms with van der Waals surface area (Å²) in [6, 6.07) is 10.3. The first-order valence-corrected chi connectivity index (χ1v) is 11.9. The summed E-state index contributed by atoms with van der Waals surface area (Å²) < 4.78 is 46.4. The number of piperidine rings is 1. The van der Waals surface area contributed by atoms with Crippen LogP contribution in [0.2, 0.25) is 0 Å². The number of rotatable bonds is 7. The maximum Gasteiger partial charge on any atom is 0.414 e. The van der Waals surface area contributed by atoms with E-state index in [1.165, 1.54) is 11.0 Å². The van der Waals surface area contributed by atoms with Crippen molar-refractivity contribution in [3.8, 4) is 17.2 Å². The van der Waals surface area contributed by atoms with Gasteiger partial charge in [0.2, 0.25) is 0 Å². The minimum absolute atomic E-state index is 0.00344. The third-order valence-corrected chi connectivity index (χ3v) is 7.91. The van der Waals surface area contributed by atoms with Crippen molar-refractivity contribution in [2.45, 2.75) is 30.1 Å². The highest BCUT2D eigenvalue weighted by atomic mass is 19.3. The second-order valence-corrected chi connectivity index (χ2v) is 9.99. The maximum absolute atomic E-state index is 15.1. The van der Waals surface area contributed by atoms with Crippen molar-refractivity contribution in [2.75, 3.05) is 31.1 Å². The number of hydrogen-bond donors (Lipinski definition) is 3. The molecule has 3 unspecified atom stereocenters. The second-order valence-electron chi connectivity index (χ2n) is 9.99. The van der Waals surface area contributed by atoms with Gasteiger partial charge in [-0.05, 0) is 24.3 Å². The Bertz CT molecular complexity index is 1240. The molecule has 2 aromatic rings. The predicted molar refractivity (Wildman–Crippen MR) is 121 cm³/mol. The average Bonchev–Trinajstić information content (AvgIpc) is 3.48. The van der Waals surface area contributed by atoms with Gasteiger partial charge in [-0.15, -0.1) is 0 Å². The van der Waals surface area contributed by atoms with Gasteiger partial charge in [-0.1, -0.05) is 6.07 Å². The van der Waals surface area contributed by atoms with E-state index in [4.69, 9.17) is 4.74 Å². The van der Waals surface area contributed by atoms with Crippen molar-refractivity contribution >= 4 is 11.8 Å². The number of pyridine rings is 1. The molecule has 188 valence electrons. The Morgan fingerprint density at radius 3 is 2.67 bits per heavy atom. The van der Waals surface area contributed by atoms with Gasteiger partial charge in [0.1, 0.15) is 23.6 Å². The first kappa shape index (κ1) is 23.2. The van der Waals surface area contributed by atoms with Crippen LogP contribution in [0.4, 0.5) is 23.7 Å². The molecule has 11 heteroatoms. The molecule has 1 amide bonds. The molecule has 6 rings (SSSR count). The van der Waals surface area contributed by atoms with Crippen LogP contribution in [0.5, 0.6) is 0 Å². The fourth-order valence-corrected chi connectivity index (χ4v) is 5.66. The Morgan fingerprint density at radius 2 is 2.06 bits per heavy atom. The summed E-state index contributed by atoms with van der Waals surface area (Å²) in [5.41, 5.74) is 1.29. The lowest BCUT2D eigenvalue weighted by Crippen LogP contribution is -2.39. The summed E-state index contributed by atoms with van der Waals surface area (Å²) in [6.07, 6.45) is -1.56. The number of halogens is 3. The molecule has 1 aromatic carbocycles. The van der Waals surface area contributed by atoms with Gasteiger partial charge in [0.25, 0.3) is 5.92 Å². The molecule has 6 atom stereocenters. The van der Waals surface area contributed by atoms with Crippen LogP contribution in [0.1, 0.15) is 12.1 Å². The van der Waals surface area contributed by atoms with Crippen LogP contribution in [-0.4, -0.2) is 60.6 Å². The van der Waals surface area contributed by atoms with Crippen molar-refractivity contribution in [1.82, 2.24) is 15.6 Å². The average molecular weight is 499 g/mol. The molecule has 3 heterocycles. The number of carbonyl (C=O) groups is 1. The lowest BCUT2D eigenvalue weighted by molar-refractivity contribution is 0.0273. The lowest BCUT2D eigenvalue weighted by atomic mass is 9.96. The molecule has 3 N–H and O–H groups in total. The normalized spacial score (nSPS) is 32.5. The predicted octanol–water partition coefficient (Wildman–Crippen LogP) is 2.39. The molecule has 4 aliphatic rings. The van der Waals surface area contributed by atoms with E-state index in [2.05, 4.69) is 21.7 Å². The van der Waals surface area contributed by atoms with E-state index in [0.29, 0.717) is 22.5 Å². The highest BCUT2D eigenvalue weighted by Gasteiger charge is 2.69. The van der Waals surface area contributed by atoms with Crippen LogP contribution >= 0.6 is 0 Å². The number of nitrogens with zero attached hydrogens (tertiary/aromatic N) is 3. The van der Waals surface area contributed by atoms with E-state index in [1.54, 1.807) is 30.5 Å². The molecule has 1 aromatic heterocycles. The van der Waals surface area contributed by atoms with Gasteiger partial charge in [-0.3, -0.25) is 15.2 Å². The highest BCUT2D eigenvalue weighted by Crippen LogP contribution is 2.60. The van der Waals surface area contributed by atoms with E-state index in [-0.39, 0.29) is 31.3 Å². The standard InChI is InChI=1S/C25H24F3N5O3/c26-20-5-14(33-11-15(36-23(33)35)8-32-22(34)17-6-25(17,27)28)2-3-16(20)13-1-4-21(31-7-13)24(12-29)18-9-30-10-19(18)24/h1-5,7,15,17-19,22,30,32,34H,6,8-11H2/t15-,17?,18-,19+,22?,24?/m0/s1. The van der Waals surface area contributed by atoms with Crippen LogP contribution in [-0.2, 0) is 10.2 Å². The van der Waals surface area contributed by atoms with Gasteiger partial charge in [0.05, 0.1) is 29.9 Å². The van der Waals surface area contributed by atoms with Crippen molar-refractivity contribution in [2.24, 2.45) is 17.8 Å². The number of cyclic esters (lactones) is 1. The second kappa shape index (κ2) is 8.16.